The SMILES string of the molecule is CCOC(=O)Cc1c([N+](=O)[O-])cc(C#N)nc1C(F)F. The molecule has 0 saturated heterocycles. The van der Waals surface area contributed by atoms with Crippen molar-refractivity contribution in [1.82, 2.24) is 4.98 Å². The Morgan fingerprint density at radius 2 is 2.30 bits per heavy atom. The molecule has 106 valence electrons. The number of halogens is 2. The molecule has 0 spiro atoms. The highest BCUT2D eigenvalue weighted by atomic mass is 19.3. The van der Waals surface area contributed by atoms with Crippen molar-refractivity contribution in [1.29, 1.82) is 5.26 Å². The molecule has 0 aromatic carbocycles. The zero-order valence-corrected chi connectivity index (χ0v) is 10.3. The van der Waals surface area contributed by atoms with Crippen LogP contribution in [-0.4, -0.2) is 22.5 Å². The Labute approximate surface area is 111 Å². The molecule has 1 aromatic heterocycles. The van der Waals surface area contributed by atoms with Crippen molar-refractivity contribution in [3.05, 3.63) is 33.1 Å². The number of hydrogen-bond acceptors (Lipinski definition) is 6. The highest BCUT2D eigenvalue weighted by Gasteiger charge is 2.28. The Balaban J connectivity index is 3.40. The number of rotatable bonds is 5. The normalized spacial score (nSPS) is 10.2. The van der Waals surface area contributed by atoms with E-state index in [1.165, 1.54) is 13.0 Å². The van der Waals surface area contributed by atoms with Crippen molar-refractivity contribution in [2.24, 2.45) is 0 Å². The molecule has 7 nitrogen and oxygen atoms in total. The van der Waals surface area contributed by atoms with Crippen LogP contribution in [0.25, 0.3) is 0 Å². The van der Waals surface area contributed by atoms with E-state index in [4.69, 9.17) is 5.26 Å². The zero-order valence-electron chi connectivity index (χ0n) is 10.3. The number of ether oxygens (including phenoxy) is 1. The van der Waals surface area contributed by atoms with Crippen LogP contribution in [-0.2, 0) is 16.0 Å². The van der Waals surface area contributed by atoms with Crippen LogP contribution in [0.4, 0.5) is 14.5 Å². The van der Waals surface area contributed by atoms with Gasteiger partial charge >= 0.3 is 5.97 Å². The maximum Gasteiger partial charge on any atom is 0.310 e. The third-order valence-corrected chi connectivity index (χ3v) is 2.28. The predicted octanol–water partition coefficient (Wildman–Crippen LogP) is 1.90. The van der Waals surface area contributed by atoms with E-state index < -0.39 is 46.4 Å². The van der Waals surface area contributed by atoms with E-state index in [0.717, 1.165) is 6.07 Å². The van der Waals surface area contributed by atoms with E-state index in [-0.39, 0.29) is 6.61 Å². The molecule has 0 aliphatic heterocycles. The van der Waals surface area contributed by atoms with Crippen molar-refractivity contribution in [2.75, 3.05) is 6.61 Å². The number of nitriles is 1. The van der Waals surface area contributed by atoms with Crippen LogP contribution < -0.4 is 0 Å². The number of carbonyl (C=O) groups is 1. The molecule has 1 aromatic rings. The summed E-state index contributed by atoms with van der Waals surface area (Å²) in [5.41, 5.74) is -2.76. The predicted molar refractivity (Wildman–Crippen MR) is 60.9 cm³/mol. The van der Waals surface area contributed by atoms with Gasteiger partial charge in [-0.15, -0.1) is 0 Å². The van der Waals surface area contributed by atoms with Crippen LogP contribution in [0.2, 0.25) is 0 Å². The fourth-order valence-electron chi connectivity index (χ4n) is 1.52. The summed E-state index contributed by atoms with van der Waals surface area (Å²) in [5.74, 6) is -0.885. The van der Waals surface area contributed by atoms with Gasteiger partial charge in [0.15, 0.2) is 0 Å². The van der Waals surface area contributed by atoms with Gasteiger partial charge in [0.05, 0.1) is 29.6 Å². The first-order valence-corrected chi connectivity index (χ1v) is 5.42. The molecule has 0 unspecified atom stereocenters. The van der Waals surface area contributed by atoms with Crippen LogP contribution in [0.3, 0.4) is 0 Å². The lowest BCUT2D eigenvalue weighted by Gasteiger charge is -2.08. The van der Waals surface area contributed by atoms with Crippen molar-refractivity contribution < 1.29 is 23.2 Å². The van der Waals surface area contributed by atoms with Crippen molar-refractivity contribution in [2.45, 2.75) is 19.8 Å². The number of hydrogen-bond donors (Lipinski definition) is 0. The standard InChI is InChI=1S/C11H9F2N3O4/c1-2-20-9(17)4-7-8(16(18)19)3-6(5-14)15-10(7)11(12)13/h3,11H,2,4H2,1H3. The molecule has 0 fully saturated rings. The smallest absolute Gasteiger partial charge is 0.310 e. The number of nitro groups is 1. The van der Waals surface area contributed by atoms with E-state index >= 15 is 0 Å². The Morgan fingerprint density at radius 1 is 1.65 bits per heavy atom. The molecule has 0 radical (unpaired) electrons. The van der Waals surface area contributed by atoms with Gasteiger partial charge in [-0.05, 0) is 6.92 Å². The van der Waals surface area contributed by atoms with Gasteiger partial charge in [0.2, 0.25) is 0 Å². The average molecular weight is 285 g/mol. The fraction of sp³-hybridized carbons (Fsp3) is 0.364. The van der Waals surface area contributed by atoms with Crippen molar-refractivity contribution >= 4 is 11.7 Å². The van der Waals surface area contributed by atoms with Gasteiger partial charge < -0.3 is 4.74 Å². The summed E-state index contributed by atoms with van der Waals surface area (Å²) in [6.07, 6.45) is -3.85. The lowest BCUT2D eigenvalue weighted by molar-refractivity contribution is -0.385. The van der Waals surface area contributed by atoms with Gasteiger partial charge in [0.25, 0.3) is 12.1 Å². The fourth-order valence-corrected chi connectivity index (χ4v) is 1.52. The summed E-state index contributed by atoms with van der Waals surface area (Å²) in [4.78, 5) is 24.6. The maximum absolute atomic E-state index is 12.9. The third kappa shape index (κ3) is 3.44. The number of nitrogens with zero attached hydrogens (tertiary/aromatic N) is 3. The number of pyridine rings is 1. The molecule has 0 saturated carbocycles. The van der Waals surface area contributed by atoms with E-state index in [2.05, 4.69) is 9.72 Å². The quantitative estimate of drug-likeness (QED) is 0.464. The molecule has 20 heavy (non-hydrogen) atoms. The van der Waals surface area contributed by atoms with Crippen LogP contribution in [0, 0.1) is 21.4 Å². The first-order valence-electron chi connectivity index (χ1n) is 5.42. The molecule has 1 rings (SSSR count). The van der Waals surface area contributed by atoms with Crippen LogP contribution in [0.15, 0.2) is 6.07 Å². The van der Waals surface area contributed by atoms with Gasteiger partial charge in [0, 0.05) is 0 Å². The van der Waals surface area contributed by atoms with E-state index in [9.17, 15) is 23.7 Å². The maximum atomic E-state index is 12.9. The highest BCUT2D eigenvalue weighted by Crippen LogP contribution is 2.29. The summed E-state index contributed by atoms with van der Waals surface area (Å²) >= 11 is 0. The molecule has 0 atom stereocenters. The number of carbonyl (C=O) groups excluding carboxylic acids is 1. The van der Waals surface area contributed by atoms with Gasteiger partial charge in [-0.2, -0.15) is 5.26 Å². The van der Waals surface area contributed by atoms with E-state index in [0.29, 0.717) is 0 Å². The highest BCUT2D eigenvalue weighted by molar-refractivity contribution is 5.75. The monoisotopic (exact) mass is 285 g/mol. The van der Waals surface area contributed by atoms with Crippen LogP contribution >= 0.6 is 0 Å². The Morgan fingerprint density at radius 3 is 2.75 bits per heavy atom. The average Bonchev–Trinajstić information content (AvgIpc) is 2.38. The Kier molecular flexibility index (Phi) is 5.02. The first kappa shape index (κ1) is 15.4. The molecular weight excluding hydrogens is 276 g/mol. The molecule has 0 amide bonds. The largest absolute Gasteiger partial charge is 0.466 e. The van der Waals surface area contributed by atoms with Gasteiger partial charge in [-0.3, -0.25) is 14.9 Å². The first-order chi connectivity index (χ1) is 9.40. The molecule has 0 bridgehead atoms. The minimum absolute atomic E-state index is 0.0142. The summed E-state index contributed by atoms with van der Waals surface area (Å²) in [5, 5.41) is 19.5. The second kappa shape index (κ2) is 6.51. The zero-order chi connectivity index (χ0) is 15.3. The topological polar surface area (TPSA) is 106 Å². The summed E-state index contributed by atoms with van der Waals surface area (Å²) < 4.78 is 30.3. The number of alkyl halides is 2. The van der Waals surface area contributed by atoms with E-state index in [1.807, 2.05) is 0 Å². The minimum Gasteiger partial charge on any atom is -0.466 e. The summed E-state index contributed by atoms with van der Waals surface area (Å²) in [7, 11) is 0. The molecular formula is C11H9F2N3O4. The van der Waals surface area contributed by atoms with Crippen LogP contribution in [0.1, 0.15) is 30.3 Å². The van der Waals surface area contributed by atoms with Crippen LogP contribution in [0.5, 0.6) is 0 Å². The molecule has 0 aliphatic rings. The summed E-state index contributed by atoms with van der Waals surface area (Å²) in [6, 6.07) is 2.21. The Hall–Kier alpha value is -2.63. The molecule has 0 aliphatic carbocycles. The second-order valence-corrected chi connectivity index (χ2v) is 3.54. The Bertz CT molecular complexity index is 584. The third-order valence-electron chi connectivity index (χ3n) is 2.28. The second-order valence-electron chi connectivity index (χ2n) is 3.54. The minimum atomic E-state index is -3.15. The number of esters is 1. The molecule has 0 N–H and O–H groups in total. The lowest BCUT2D eigenvalue weighted by atomic mass is 10.1. The molecule has 1 heterocycles. The molecule has 9 heteroatoms. The van der Waals surface area contributed by atoms with Gasteiger partial charge in [-0.25, -0.2) is 13.8 Å². The van der Waals surface area contributed by atoms with Crippen molar-refractivity contribution in [3.63, 3.8) is 0 Å². The van der Waals surface area contributed by atoms with Crippen molar-refractivity contribution in [3.8, 4) is 6.07 Å². The van der Waals surface area contributed by atoms with E-state index in [1.54, 1.807) is 0 Å². The lowest BCUT2D eigenvalue weighted by Crippen LogP contribution is -2.13. The number of aromatic nitrogens is 1. The van der Waals surface area contributed by atoms with Gasteiger partial charge in [-0.1, -0.05) is 0 Å². The van der Waals surface area contributed by atoms with Gasteiger partial charge in [0.1, 0.15) is 17.5 Å². The summed E-state index contributed by atoms with van der Waals surface area (Å²) in [6.45, 7) is 1.53.